The molecule has 0 aliphatic heterocycles. The van der Waals surface area contributed by atoms with Gasteiger partial charge in [0, 0.05) is 23.1 Å². The Morgan fingerprint density at radius 1 is 1.19 bits per heavy atom. The Labute approximate surface area is 181 Å². The number of carbonyl (C=O) groups is 2. The molecular formula is C21H20FN3O5S. The quantitative estimate of drug-likeness (QED) is 0.513. The van der Waals surface area contributed by atoms with Crippen molar-refractivity contribution in [3.05, 3.63) is 64.4 Å². The van der Waals surface area contributed by atoms with Gasteiger partial charge in [0.1, 0.15) is 12.4 Å². The second-order valence-corrected chi connectivity index (χ2v) is 7.61. The van der Waals surface area contributed by atoms with Crippen LogP contribution in [-0.4, -0.2) is 33.1 Å². The van der Waals surface area contributed by atoms with Gasteiger partial charge in [-0.15, -0.1) is 11.3 Å². The second-order valence-electron chi connectivity index (χ2n) is 6.75. The summed E-state index contributed by atoms with van der Waals surface area (Å²) >= 11 is 1.12. The van der Waals surface area contributed by atoms with Crippen LogP contribution in [0.1, 0.15) is 35.5 Å². The molecule has 1 amide bonds. The van der Waals surface area contributed by atoms with Gasteiger partial charge in [-0.25, -0.2) is 9.37 Å². The number of carboxylic acid groups (broad SMARTS) is 1. The van der Waals surface area contributed by atoms with E-state index in [0.29, 0.717) is 11.3 Å². The number of hydrogen-bond acceptors (Lipinski definition) is 7. The first-order valence-electron chi connectivity index (χ1n) is 9.32. The third-order valence-corrected chi connectivity index (χ3v) is 4.64. The van der Waals surface area contributed by atoms with E-state index in [9.17, 15) is 14.0 Å². The number of benzene rings is 1. The van der Waals surface area contributed by atoms with E-state index in [4.69, 9.17) is 14.6 Å². The Kier molecular flexibility index (Phi) is 7.14. The molecule has 0 fully saturated rings. The van der Waals surface area contributed by atoms with Crippen molar-refractivity contribution in [3.8, 4) is 11.8 Å². The third kappa shape index (κ3) is 6.48. The molecule has 0 spiro atoms. The van der Waals surface area contributed by atoms with Crippen molar-refractivity contribution in [1.82, 2.24) is 9.97 Å². The Morgan fingerprint density at radius 3 is 2.65 bits per heavy atom. The van der Waals surface area contributed by atoms with Gasteiger partial charge in [-0.1, -0.05) is 18.2 Å². The first kappa shape index (κ1) is 22.2. The number of thiazole rings is 1. The maximum absolute atomic E-state index is 13.8. The van der Waals surface area contributed by atoms with Crippen molar-refractivity contribution < 1.29 is 28.6 Å². The van der Waals surface area contributed by atoms with Crippen molar-refractivity contribution >= 4 is 28.3 Å². The lowest BCUT2D eigenvalue weighted by atomic mass is 10.2. The van der Waals surface area contributed by atoms with Crippen LogP contribution in [0, 0.1) is 5.82 Å². The molecule has 2 N–H and O–H groups in total. The molecule has 8 nitrogen and oxygen atoms in total. The number of anilines is 1. The molecule has 0 aliphatic rings. The summed E-state index contributed by atoms with van der Waals surface area (Å²) in [4.78, 5) is 31.8. The molecule has 10 heteroatoms. The van der Waals surface area contributed by atoms with E-state index < -0.39 is 17.7 Å². The van der Waals surface area contributed by atoms with Crippen LogP contribution in [0.15, 0.2) is 41.8 Å². The summed E-state index contributed by atoms with van der Waals surface area (Å²) in [6, 6.07) is 9.06. The summed E-state index contributed by atoms with van der Waals surface area (Å²) in [6.07, 6.45) is -0.426. The van der Waals surface area contributed by atoms with Gasteiger partial charge in [-0.3, -0.25) is 14.9 Å². The van der Waals surface area contributed by atoms with E-state index in [2.05, 4.69) is 15.3 Å². The minimum atomic E-state index is -1.01. The summed E-state index contributed by atoms with van der Waals surface area (Å²) in [7, 11) is 0. The van der Waals surface area contributed by atoms with E-state index in [1.54, 1.807) is 23.6 Å². The lowest BCUT2D eigenvalue weighted by molar-refractivity contribution is -0.136. The highest BCUT2D eigenvalue weighted by Gasteiger charge is 2.15. The molecule has 2 heterocycles. The fraction of sp³-hybridized carbons (Fsp3) is 0.238. The Morgan fingerprint density at radius 2 is 1.94 bits per heavy atom. The molecule has 3 rings (SSSR count). The number of rotatable bonds is 9. The third-order valence-electron chi connectivity index (χ3n) is 3.83. The predicted octanol–water partition coefficient (Wildman–Crippen LogP) is 3.92. The summed E-state index contributed by atoms with van der Waals surface area (Å²) in [6.45, 7) is 3.55. The normalized spacial score (nSPS) is 10.7. The Balaban J connectivity index is 1.78. The number of carboxylic acids is 1. The van der Waals surface area contributed by atoms with Crippen LogP contribution in [0.3, 0.4) is 0 Å². The monoisotopic (exact) mass is 445 g/mol. The van der Waals surface area contributed by atoms with Crippen LogP contribution in [0.4, 0.5) is 9.52 Å². The van der Waals surface area contributed by atoms with Gasteiger partial charge >= 0.3 is 5.97 Å². The van der Waals surface area contributed by atoms with Crippen molar-refractivity contribution in [2.45, 2.75) is 33.0 Å². The van der Waals surface area contributed by atoms with Gasteiger partial charge < -0.3 is 14.6 Å². The Bertz CT molecular complexity index is 1090. The van der Waals surface area contributed by atoms with Crippen molar-refractivity contribution in [1.29, 1.82) is 0 Å². The van der Waals surface area contributed by atoms with Crippen LogP contribution in [0.5, 0.6) is 11.8 Å². The molecule has 31 heavy (non-hydrogen) atoms. The molecular weight excluding hydrogens is 425 g/mol. The summed E-state index contributed by atoms with van der Waals surface area (Å²) in [5.41, 5.74) is 0.892. The van der Waals surface area contributed by atoms with E-state index in [1.807, 2.05) is 13.8 Å². The molecule has 162 valence electrons. The number of aromatic nitrogens is 2. The van der Waals surface area contributed by atoms with Gasteiger partial charge in [0.2, 0.25) is 11.8 Å². The fourth-order valence-electron chi connectivity index (χ4n) is 2.52. The number of nitrogens with zero attached hydrogens (tertiary/aromatic N) is 2. The van der Waals surface area contributed by atoms with Gasteiger partial charge in [0.25, 0.3) is 5.91 Å². The van der Waals surface area contributed by atoms with Gasteiger partial charge in [-0.05, 0) is 19.9 Å². The second kappa shape index (κ2) is 9.98. The summed E-state index contributed by atoms with van der Waals surface area (Å²) < 4.78 is 25.0. The zero-order valence-corrected chi connectivity index (χ0v) is 17.6. The molecule has 1 aromatic carbocycles. The maximum atomic E-state index is 13.8. The lowest BCUT2D eigenvalue weighted by Crippen LogP contribution is -2.14. The summed E-state index contributed by atoms with van der Waals surface area (Å²) in [5, 5.41) is 13.3. The van der Waals surface area contributed by atoms with Crippen LogP contribution in [0.2, 0.25) is 0 Å². The first-order chi connectivity index (χ1) is 14.8. The van der Waals surface area contributed by atoms with E-state index in [1.165, 1.54) is 18.2 Å². The van der Waals surface area contributed by atoms with Crippen LogP contribution in [-0.2, 0) is 17.8 Å². The first-order valence-corrected chi connectivity index (χ1v) is 10.2. The average molecular weight is 445 g/mol. The SMILES string of the molecule is CC(C)Oc1cc(C(=O)Nc2nc(CC(=O)O)cs2)cc(OCc2ccccc2F)n1. The minimum Gasteiger partial charge on any atom is -0.481 e. The molecule has 3 aromatic rings. The highest BCUT2D eigenvalue weighted by Crippen LogP contribution is 2.23. The zero-order valence-electron chi connectivity index (χ0n) is 16.8. The number of halogens is 1. The number of ether oxygens (including phenoxy) is 2. The number of carbonyl (C=O) groups excluding carboxylic acids is 1. The average Bonchev–Trinajstić information content (AvgIpc) is 3.12. The molecule has 0 atom stereocenters. The highest BCUT2D eigenvalue weighted by atomic mass is 32.1. The van der Waals surface area contributed by atoms with Gasteiger partial charge in [0.05, 0.1) is 23.8 Å². The fourth-order valence-corrected chi connectivity index (χ4v) is 3.23. The largest absolute Gasteiger partial charge is 0.481 e. The van der Waals surface area contributed by atoms with E-state index in [-0.39, 0.29) is 41.6 Å². The number of amides is 1. The van der Waals surface area contributed by atoms with Gasteiger partial charge in [0.15, 0.2) is 5.13 Å². The van der Waals surface area contributed by atoms with Crippen LogP contribution >= 0.6 is 11.3 Å². The topological polar surface area (TPSA) is 111 Å². The number of aliphatic carboxylic acids is 1. The molecule has 0 unspecified atom stereocenters. The van der Waals surface area contributed by atoms with Gasteiger partial charge in [-0.2, -0.15) is 4.98 Å². The van der Waals surface area contributed by atoms with Crippen molar-refractivity contribution in [2.24, 2.45) is 0 Å². The highest BCUT2D eigenvalue weighted by molar-refractivity contribution is 7.14. The van der Waals surface area contributed by atoms with Crippen molar-refractivity contribution in [2.75, 3.05) is 5.32 Å². The van der Waals surface area contributed by atoms with Crippen molar-refractivity contribution in [3.63, 3.8) is 0 Å². The van der Waals surface area contributed by atoms with Crippen LogP contribution in [0.25, 0.3) is 0 Å². The minimum absolute atomic E-state index is 0.0725. The summed E-state index contributed by atoms with van der Waals surface area (Å²) in [5.74, 6) is -1.64. The number of hydrogen-bond donors (Lipinski definition) is 2. The number of pyridine rings is 1. The zero-order chi connectivity index (χ0) is 22.4. The van der Waals surface area contributed by atoms with Crippen LogP contribution < -0.4 is 14.8 Å². The lowest BCUT2D eigenvalue weighted by Gasteiger charge is -2.13. The number of nitrogens with one attached hydrogen (secondary N) is 1. The molecule has 0 aliphatic carbocycles. The van der Waals surface area contributed by atoms with E-state index in [0.717, 1.165) is 11.3 Å². The molecule has 0 bridgehead atoms. The maximum Gasteiger partial charge on any atom is 0.309 e. The smallest absolute Gasteiger partial charge is 0.309 e. The molecule has 0 radical (unpaired) electrons. The Hall–Kier alpha value is -3.53. The molecule has 2 aromatic heterocycles. The molecule has 0 saturated carbocycles. The molecule has 0 saturated heterocycles. The van der Waals surface area contributed by atoms with E-state index >= 15 is 0 Å². The predicted molar refractivity (Wildman–Crippen MR) is 112 cm³/mol. The standard InChI is InChI=1S/C21H20FN3O5S/c1-12(2)30-18-8-14(20(28)25-21-23-15(11-31-21)9-19(26)27)7-17(24-18)29-10-13-5-3-4-6-16(13)22/h3-8,11-12H,9-10H2,1-2H3,(H,26,27)(H,23,25,28).